The molecule has 1 heterocycles. The first-order chi connectivity index (χ1) is 10.2. The van der Waals surface area contributed by atoms with Gasteiger partial charge in [-0.05, 0) is 60.7 Å². The first-order valence-corrected chi connectivity index (χ1v) is 7.77. The molecule has 0 fully saturated rings. The molecule has 3 rings (SSSR count). The van der Waals surface area contributed by atoms with E-state index in [1.54, 1.807) is 0 Å². The maximum absolute atomic E-state index is 5.60. The van der Waals surface area contributed by atoms with Crippen LogP contribution in [-0.2, 0) is 6.42 Å². The van der Waals surface area contributed by atoms with E-state index in [9.17, 15) is 0 Å². The molecule has 0 spiro atoms. The summed E-state index contributed by atoms with van der Waals surface area (Å²) in [6.45, 7) is 7.39. The summed E-state index contributed by atoms with van der Waals surface area (Å²) >= 11 is 0. The molecule has 2 nitrogen and oxygen atoms in total. The van der Waals surface area contributed by atoms with Crippen molar-refractivity contribution in [3.63, 3.8) is 0 Å². The molecule has 1 N–H and O–H groups in total. The van der Waals surface area contributed by atoms with E-state index in [0.717, 1.165) is 25.2 Å². The Bertz CT molecular complexity index is 648. The lowest BCUT2D eigenvalue weighted by Crippen LogP contribution is -2.11. The van der Waals surface area contributed by atoms with Gasteiger partial charge in [-0.3, -0.25) is 0 Å². The fourth-order valence-electron chi connectivity index (χ4n) is 2.94. The number of anilines is 1. The lowest BCUT2D eigenvalue weighted by atomic mass is 9.99. The Labute approximate surface area is 127 Å². The predicted molar refractivity (Wildman–Crippen MR) is 88.2 cm³/mol. The third kappa shape index (κ3) is 2.76. The SMILES string of the molecule is CCC(Nc1cccc(C)c1C)c1ccc2c(c1)CCO2. The standard InChI is InChI=1S/C19H23NO/c1-4-17(20-18-7-5-6-13(2)14(18)3)15-8-9-19-16(12-15)10-11-21-19/h5-9,12,17,20H,4,10-11H2,1-3H3. The van der Waals surface area contributed by atoms with Crippen LogP contribution in [0.1, 0.15) is 41.6 Å². The van der Waals surface area contributed by atoms with Crippen LogP contribution < -0.4 is 10.1 Å². The van der Waals surface area contributed by atoms with Gasteiger partial charge in [-0.15, -0.1) is 0 Å². The second-order valence-corrected chi connectivity index (χ2v) is 5.82. The molecule has 0 saturated heterocycles. The van der Waals surface area contributed by atoms with Crippen molar-refractivity contribution in [2.45, 2.75) is 39.7 Å². The van der Waals surface area contributed by atoms with E-state index in [1.165, 1.54) is 27.9 Å². The van der Waals surface area contributed by atoms with E-state index in [4.69, 9.17) is 4.74 Å². The van der Waals surface area contributed by atoms with Gasteiger partial charge in [-0.2, -0.15) is 0 Å². The van der Waals surface area contributed by atoms with Gasteiger partial charge in [0.1, 0.15) is 5.75 Å². The summed E-state index contributed by atoms with van der Waals surface area (Å²) in [6.07, 6.45) is 2.09. The number of ether oxygens (including phenoxy) is 1. The number of rotatable bonds is 4. The second-order valence-electron chi connectivity index (χ2n) is 5.82. The maximum atomic E-state index is 5.60. The number of hydrogen-bond donors (Lipinski definition) is 1. The Morgan fingerprint density at radius 1 is 1.19 bits per heavy atom. The highest BCUT2D eigenvalue weighted by molar-refractivity contribution is 5.55. The summed E-state index contributed by atoms with van der Waals surface area (Å²) in [5, 5.41) is 3.70. The normalized spacial score (nSPS) is 14.4. The van der Waals surface area contributed by atoms with Crippen LogP contribution in [0.2, 0.25) is 0 Å². The van der Waals surface area contributed by atoms with E-state index in [1.807, 2.05) is 0 Å². The Kier molecular flexibility index (Phi) is 3.87. The van der Waals surface area contributed by atoms with Gasteiger partial charge in [0.25, 0.3) is 0 Å². The minimum atomic E-state index is 0.344. The number of benzene rings is 2. The largest absolute Gasteiger partial charge is 0.493 e. The Hall–Kier alpha value is -1.96. The van der Waals surface area contributed by atoms with Gasteiger partial charge in [0.05, 0.1) is 12.6 Å². The van der Waals surface area contributed by atoms with Crippen molar-refractivity contribution in [2.75, 3.05) is 11.9 Å². The zero-order valence-electron chi connectivity index (χ0n) is 13.1. The van der Waals surface area contributed by atoms with Crippen LogP contribution >= 0.6 is 0 Å². The summed E-state index contributed by atoms with van der Waals surface area (Å²) in [7, 11) is 0. The average Bonchev–Trinajstić information content (AvgIpc) is 2.96. The van der Waals surface area contributed by atoms with Crippen LogP contribution in [0.5, 0.6) is 5.75 Å². The monoisotopic (exact) mass is 281 g/mol. The molecule has 110 valence electrons. The van der Waals surface area contributed by atoms with E-state index in [2.05, 4.69) is 62.5 Å². The van der Waals surface area contributed by atoms with Gasteiger partial charge in [0.2, 0.25) is 0 Å². The zero-order valence-corrected chi connectivity index (χ0v) is 13.1. The molecule has 1 atom stereocenters. The van der Waals surface area contributed by atoms with Crippen LogP contribution in [0.3, 0.4) is 0 Å². The van der Waals surface area contributed by atoms with E-state index < -0.39 is 0 Å². The van der Waals surface area contributed by atoms with E-state index in [-0.39, 0.29) is 0 Å². The van der Waals surface area contributed by atoms with E-state index in [0.29, 0.717) is 6.04 Å². The molecule has 2 aromatic carbocycles. The first-order valence-electron chi connectivity index (χ1n) is 7.77. The Morgan fingerprint density at radius 2 is 2.05 bits per heavy atom. The highest BCUT2D eigenvalue weighted by atomic mass is 16.5. The minimum absolute atomic E-state index is 0.344. The highest BCUT2D eigenvalue weighted by Crippen LogP contribution is 2.31. The number of aryl methyl sites for hydroxylation is 1. The van der Waals surface area contributed by atoms with Gasteiger partial charge in [0.15, 0.2) is 0 Å². The number of fused-ring (bicyclic) bond motifs is 1. The quantitative estimate of drug-likeness (QED) is 0.869. The zero-order chi connectivity index (χ0) is 14.8. The van der Waals surface area contributed by atoms with Crippen LogP contribution in [-0.4, -0.2) is 6.61 Å². The molecule has 0 radical (unpaired) electrons. The van der Waals surface area contributed by atoms with Crippen LogP contribution in [0.15, 0.2) is 36.4 Å². The first kappa shape index (κ1) is 14.0. The van der Waals surface area contributed by atoms with Crippen molar-refractivity contribution in [3.05, 3.63) is 58.7 Å². The van der Waals surface area contributed by atoms with Crippen molar-refractivity contribution < 1.29 is 4.74 Å². The molecule has 0 bridgehead atoms. The molecular formula is C19H23NO. The van der Waals surface area contributed by atoms with Gasteiger partial charge >= 0.3 is 0 Å². The molecular weight excluding hydrogens is 258 g/mol. The molecule has 1 aliphatic rings. The molecule has 0 amide bonds. The molecule has 0 saturated carbocycles. The molecule has 1 aliphatic heterocycles. The molecule has 1 unspecified atom stereocenters. The molecule has 2 aromatic rings. The maximum Gasteiger partial charge on any atom is 0.122 e. The fraction of sp³-hybridized carbons (Fsp3) is 0.368. The van der Waals surface area contributed by atoms with Crippen molar-refractivity contribution in [3.8, 4) is 5.75 Å². The molecule has 21 heavy (non-hydrogen) atoms. The molecule has 0 aromatic heterocycles. The number of nitrogens with one attached hydrogen (secondary N) is 1. The van der Waals surface area contributed by atoms with Gasteiger partial charge in [-0.1, -0.05) is 25.1 Å². The van der Waals surface area contributed by atoms with Crippen LogP contribution in [0, 0.1) is 13.8 Å². The average molecular weight is 281 g/mol. The third-order valence-corrected chi connectivity index (χ3v) is 4.46. The molecule has 0 aliphatic carbocycles. The predicted octanol–water partition coefficient (Wildman–Crippen LogP) is 4.80. The Morgan fingerprint density at radius 3 is 2.86 bits per heavy atom. The van der Waals surface area contributed by atoms with Crippen molar-refractivity contribution in [2.24, 2.45) is 0 Å². The van der Waals surface area contributed by atoms with Crippen LogP contribution in [0.4, 0.5) is 5.69 Å². The third-order valence-electron chi connectivity index (χ3n) is 4.46. The second kappa shape index (κ2) is 5.80. The fourth-order valence-corrected chi connectivity index (χ4v) is 2.94. The van der Waals surface area contributed by atoms with Crippen LogP contribution in [0.25, 0.3) is 0 Å². The van der Waals surface area contributed by atoms with Crippen molar-refractivity contribution in [1.82, 2.24) is 0 Å². The number of hydrogen-bond acceptors (Lipinski definition) is 2. The highest BCUT2D eigenvalue weighted by Gasteiger charge is 2.16. The smallest absolute Gasteiger partial charge is 0.122 e. The summed E-state index contributed by atoms with van der Waals surface area (Å²) in [5.41, 5.74) is 6.59. The van der Waals surface area contributed by atoms with Gasteiger partial charge in [0, 0.05) is 12.1 Å². The topological polar surface area (TPSA) is 21.3 Å². The summed E-state index contributed by atoms with van der Waals surface area (Å²) in [6, 6.07) is 13.4. The lowest BCUT2D eigenvalue weighted by molar-refractivity contribution is 0.357. The summed E-state index contributed by atoms with van der Waals surface area (Å²) < 4.78 is 5.60. The summed E-state index contributed by atoms with van der Waals surface area (Å²) in [4.78, 5) is 0. The van der Waals surface area contributed by atoms with Crippen molar-refractivity contribution in [1.29, 1.82) is 0 Å². The van der Waals surface area contributed by atoms with E-state index >= 15 is 0 Å². The lowest BCUT2D eigenvalue weighted by Gasteiger charge is -2.21. The Balaban J connectivity index is 1.87. The summed E-state index contributed by atoms with van der Waals surface area (Å²) in [5.74, 6) is 1.06. The minimum Gasteiger partial charge on any atom is -0.493 e. The molecule has 2 heteroatoms. The van der Waals surface area contributed by atoms with Gasteiger partial charge in [-0.25, -0.2) is 0 Å². The van der Waals surface area contributed by atoms with Gasteiger partial charge < -0.3 is 10.1 Å². The van der Waals surface area contributed by atoms with Crippen molar-refractivity contribution >= 4 is 5.69 Å².